The minimum absolute atomic E-state index is 1.26. The SMILES string of the molecule is Cc1ccncc1.Cc1ccncc1.[I][Ni][I]. The van der Waals surface area contributed by atoms with Crippen molar-refractivity contribution in [2.75, 3.05) is 0 Å². The van der Waals surface area contributed by atoms with Gasteiger partial charge in [0.15, 0.2) is 0 Å². The standard InChI is InChI=1S/2C6H7N.2HI.Ni/c2*1-6-2-4-7-5-3-6;;;/h2*2-5H,1H3;2*1H;/q;;;;+2/p-2. The van der Waals surface area contributed by atoms with E-state index in [9.17, 15) is 0 Å². The van der Waals surface area contributed by atoms with Crippen LogP contribution in [0.25, 0.3) is 0 Å². The van der Waals surface area contributed by atoms with E-state index in [2.05, 4.69) is 50.9 Å². The predicted molar refractivity (Wildman–Crippen MR) is 86.0 cm³/mol. The number of aryl methyl sites for hydroxylation is 2. The van der Waals surface area contributed by atoms with E-state index in [1.807, 2.05) is 38.1 Å². The summed E-state index contributed by atoms with van der Waals surface area (Å²) in [6.45, 7) is 4.09. The average Bonchev–Trinajstić information content (AvgIpc) is 2.33. The first-order valence-corrected chi connectivity index (χ1v) is 11.1. The summed E-state index contributed by atoms with van der Waals surface area (Å²) >= 11 is 4.43. The first-order chi connectivity index (χ1) is 8.20. The van der Waals surface area contributed by atoms with Crippen molar-refractivity contribution < 1.29 is 8.07 Å². The van der Waals surface area contributed by atoms with Crippen LogP contribution in [0.3, 0.4) is 0 Å². The molecule has 0 fully saturated rings. The molecule has 0 spiro atoms. The van der Waals surface area contributed by atoms with Crippen LogP contribution >= 0.6 is 41.0 Å². The molecule has 0 aliphatic carbocycles. The number of hydrogen-bond acceptors (Lipinski definition) is 2. The van der Waals surface area contributed by atoms with E-state index < -0.39 is 0 Å². The van der Waals surface area contributed by atoms with E-state index >= 15 is 0 Å². The molecule has 0 saturated heterocycles. The van der Waals surface area contributed by atoms with Crippen LogP contribution in [0.4, 0.5) is 0 Å². The summed E-state index contributed by atoms with van der Waals surface area (Å²) in [6, 6.07) is 7.89. The van der Waals surface area contributed by atoms with E-state index in [-0.39, 0.29) is 0 Å². The van der Waals surface area contributed by atoms with Crippen LogP contribution in [0.1, 0.15) is 11.1 Å². The Morgan fingerprint density at radius 3 is 1.12 bits per heavy atom. The molecular weight excluding hydrogens is 485 g/mol. The molecule has 2 aromatic heterocycles. The Bertz CT molecular complexity index is 333. The van der Waals surface area contributed by atoms with Gasteiger partial charge in [-0.25, -0.2) is 0 Å². The van der Waals surface area contributed by atoms with Crippen LogP contribution in [0.5, 0.6) is 0 Å². The fourth-order valence-corrected chi connectivity index (χ4v) is 0.853. The van der Waals surface area contributed by atoms with Crippen molar-refractivity contribution in [2.24, 2.45) is 0 Å². The van der Waals surface area contributed by atoms with E-state index in [1.165, 1.54) is 11.1 Å². The number of aromatic nitrogens is 2. The van der Waals surface area contributed by atoms with E-state index in [0.29, 0.717) is 0 Å². The van der Waals surface area contributed by atoms with Crippen molar-refractivity contribution in [3.8, 4) is 0 Å². The molecule has 2 rings (SSSR count). The number of hydrogen-bond donors (Lipinski definition) is 0. The van der Waals surface area contributed by atoms with Crippen molar-refractivity contribution in [3.05, 3.63) is 60.2 Å². The maximum atomic E-state index is 3.85. The van der Waals surface area contributed by atoms with Gasteiger partial charge in [0.1, 0.15) is 0 Å². The number of nitrogens with zero attached hydrogens (tertiary/aromatic N) is 2. The summed E-state index contributed by atoms with van der Waals surface area (Å²) in [6.07, 6.45) is 7.15. The van der Waals surface area contributed by atoms with E-state index in [4.69, 9.17) is 0 Å². The molecule has 2 heterocycles. The van der Waals surface area contributed by atoms with Crippen LogP contribution in [-0.4, -0.2) is 9.97 Å². The fraction of sp³-hybridized carbons (Fsp3) is 0.167. The molecular formula is C12H14I2N2Ni. The van der Waals surface area contributed by atoms with Gasteiger partial charge in [-0.15, -0.1) is 0 Å². The Labute approximate surface area is 132 Å². The van der Waals surface area contributed by atoms with Crippen LogP contribution in [-0.2, 0) is 8.07 Å². The topological polar surface area (TPSA) is 25.8 Å². The van der Waals surface area contributed by atoms with Crippen molar-refractivity contribution in [2.45, 2.75) is 13.8 Å². The van der Waals surface area contributed by atoms with Gasteiger partial charge in [0.2, 0.25) is 0 Å². The fourth-order valence-electron chi connectivity index (χ4n) is 0.853. The molecule has 2 aromatic rings. The van der Waals surface area contributed by atoms with Crippen molar-refractivity contribution in [1.82, 2.24) is 9.97 Å². The van der Waals surface area contributed by atoms with Crippen LogP contribution in [0.15, 0.2) is 49.1 Å². The van der Waals surface area contributed by atoms with Crippen LogP contribution < -0.4 is 0 Å². The van der Waals surface area contributed by atoms with Crippen molar-refractivity contribution in [1.29, 1.82) is 0 Å². The van der Waals surface area contributed by atoms with E-state index in [0.717, 1.165) is 0 Å². The molecule has 0 bridgehead atoms. The Kier molecular flexibility index (Phi) is 12.9. The third-order valence-electron chi connectivity index (χ3n) is 1.69. The summed E-state index contributed by atoms with van der Waals surface area (Å²) in [4.78, 5) is 7.69. The summed E-state index contributed by atoms with van der Waals surface area (Å²) in [5, 5.41) is 0. The quantitative estimate of drug-likeness (QED) is 0.393. The van der Waals surface area contributed by atoms with Crippen molar-refractivity contribution >= 4 is 41.0 Å². The average molecular weight is 499 g/mol. The van der Waals surface area contributed by atoms with Crippen LogP contribution in [0, 0.1) is 13.8 Å². The van der Waals surface area contributed by atoms with Gasteiger partial charge in [-0.05, 0) is 49.2 Å². The molecule has 5 heteroatoms. The molecule has 0 N–H and O–H groups in total. The van der Waals surface area contributed by atoms with Gasteiger partial charge in [-0.3, -0.25) is 9.97 Å². The minimum atomic E-state index is 1.26. The third kappa shape index (κ3) is 12.5. The molecule has 2 nitrogen and oxygen atoms in total. The molecule has 0 aliphatic rings. The summed E-state index contributed by atoms with van der Waals surface area (Å²) in [5.74, 6) is 0. The molecule has 0 radical (unpaired) electrons. The van der Waals surface area contributed by atoms with E-state index in [1.54, 1.807) is 32.9 Å². The molecule has 0 saturated carbocycles. The summed E-state index contributed by atoms with van der Waals surface area (Å²) < 4.78 is 0. The molecule has 0 amide bonds. The first kappa shape index (κ1) is 17.3. The van der Waals surface area contributed by atoms with Gasteiger partial charge in [-0.2, -0.15) is 0 Å². The van der Waals surface area contributed by atoms with Gasteiger partial charge < -0.3 is 0 Å². The monoisotopic (exact) mass is 498 g/mol. The van der Waals surface area contributed by atoms with Gasteiger partial charge in [0, 0.05) is 24.8 Å². The Morgan fingerprint density at radius 1 is 0.765 bits per heavy atom. The third-order valence-corrected chi connectivity index (χ3v) is 1.69. The first-order valence-electron chi connectivity index (χ1n) is 4.76. The number of pyridine rings is 2. The number of halogens is 2. The number of rotatable bonds is 0. The maximum absolute atomic E-state index is 3.85. The van der Waals surface area contributed by atoms with Gasteiger partial charge >= 0.3 is 49.0 Å². The Balaban J connectivity index is 0.000000247. The molecule has 0 atom stereocenters. The normalized spacial score (nSPS) is 8.47. The van der Waals surface area contributed by atoms with Gasteiger partial charge in [-0.1, -0.05) is 0 Å². The summed E-state index contributed by atoms with van der Waals surface area (Å²) in [7, 11) is 1.56. The van der Waals surface area contributed by atoms with Gasteiger partial charge in [0.25, 0.3) is 0 Å². The molecule has 0 unspecified atom stereocenters. The van der Waals surface area contributed by atoms with Crippen molar-refractivity contribution in [3.63, 3.8) is 0 Å². The Morgan fingerprint density at radius 2 is 1.00 bits per heavy atom. The second-order valence-corrected chi connectivity index (χ2v) is 11.4. The second-order valence-electron chi connectivity index (χ2n) is 3.09. The zero-order chi connectivity index (χ0) is 12.9. The summed E-state index contributed by atoms with van der Waals surface area (Å²) in [5.41, 5.74) is 2.52. The second kappa shape index (κ2) is 12.7. The zero-order valence-electron chi connectivity index (χ0n) is 9.59. The molecule has 0 aliphatic heterocycles. The molecule has 0 aromatic carbocycles. The van der Waals surface area contributed by atoms with Crippen LogP contribution in [0.2, 0.25) is 0 Å². The zero-order valence-corrected chi connectivity index (χ0v) is 14.9. The Hall–Kier alpha value is 0.254. The molecule has 96 valence electrons. The van der Waals surface area contributed by atoms with Gasteiger partial charge in [0.05, 0.1) is 0 Å². The molecule has 17 heavy (non-hydrogen) atoms. The predicted octanol–water partition coefficient (Wildman–Crippen LogP) is 4.55.